The quantitative estimate of drug-likeness (QED) is 0.517. The van der Waals surface area contributed by atoms with Gasteiger partial charge in [0.15, 0.2) is 0 Å². The normalized spacial score (nSPS) is 13.1. The molecule has 0 bridgehead atoms. The second kappa shape index (κ2) is 9.76. The van der Waals surface area contributed by atoms with Crippen molar-refractivity contribution in [1.29, 1.82) is 5.26 Å². The van der Waals surface area contributed by atoms with E-state index in [9.17, 15) is 14.9 Å². The van der Waals surface area contributed by atoms with Crippen LogP contribution in [-0.2, 0) is 22.4 Å². The molecule has 0 radical (unpaired) electrons. The van der Waals surface area contributed by atoms with Gasteiger partial charge < -0.3 is 10.6 Å². The molecule has 146 valence electrons. The largest absolute Gasteiger partial charge is 0.326 e. The number of carbonyl (C=O) groups is 2. The van der Waals surface area contributed by atoms with Crippen LogP contribution in [0.5, 0.6) is 0 Å². The van der Waals surface area contributed by atoms with Gasteiger partial charge in [0, 0.05) is 34.6 Å². The van der Waals surface area contributed by atoms with Crippen LogP contribution in [0.25, 0.3) is 0 Å². The predicted octanol–water partition coefficient (Wildman–Crippen LogP) is 4.97. The van der Waals surface area contributed by atoms with E-state index in [1.54, 1.807) is 23.1 Å². The van der Waals surface area contributed by atoms with Crippen molar-refractivity contribution in [1.82, 2.24) is 0 Å². The third-order valence-electron chi connectivity index (χ3n) is 4.56. The molecule has 1 aliphatic carbocycles. The fourth-order valence-electron chi connectivity index (χ4n) is 3.24. The van der Waals surface area contributed by atoms with E-state index in [1.165, 1.54) is 18.2 Å². The lowest BCUT2D eigenvalue weighted by atomic mass is 10.1. The Morgan fingerprint density at radius 3 is 2.61 bits per heavy atom. The van der Waals surface area contributed by atoms with Crippen LogP contribution in [-0.4, -0.2) is 17.6 Å². The van der Waals surface area contributed by atoms with Gasteiger partial charge in [0.1, 0.15) is 11.1 Å². The summed E-state index contributed by atoms with van der Waals surface area (Å²) in [7, 11) is 0. The number of amides is 2. The summed E-state index contributed by atoms with van der Waals surface area (Å²) in [6, 6.07) is 9.85. The van der Waals surface area contributed by atoms with E-state index in [0.29, 0.717) is 22.7 Å². The minimum absolute atomic E-state index is 0.0599. The topological polar surface area (TPSA) is 82.0 Å². The molecule has 2 N–H and O–H groups in total. The van der Waals surface area contributed by atoms with Crippen LogP contribution >= 0.6 is 23.1 Å². The van der Waals surface area contributed by atoms with E-state index >= 15 is 0 Å². The molecule has 3 rings (SSSR count). The maximum absolute atomic E-state index is 12.4. The smallest absolute Gasteiger partial charge is 0.225 e. The van der Waals surface area contributed by atoms with Gasteiger partial charge in [-0.15, -0.1) is 23.1 Å². The summed E-state index contributed by atoms with van der Waals surface area (Å²) in [5.74, 6) is 0.494. The van der Waals surface area contributed by atoms with Crippen LogP contribution in [0, 0.1) is 11.3 Å². The number of anilines is 2. The first-order chi connectivity index (χ1) is 13.6. The molecule has 0 atom stereocenters. The highest BCUT2D eigenvalue weighted by molar-refractivity contribution is 7.99. The Bertz CT molecular complexity index is 898. The maximum atomic E-state index is 12.4. The van der Waals surface area contributed by atoms with Crippen LogP contribution in [0.4, 0.5) is 10.7 Å². The van der Waals surface area contributed by atoms with Crippen LogP contribution in [0.3, 0.4) is 0 Å². The molecule has 0 spiro atoms. The van der Waals surface area contributed by atoms with Crippen LogP contribution in [0.1, 0.15) is 48.6 Å². The Morgan fingerprint density at radius 2 is 1.89 bits per heavy atom. The van der Waals surface area contributed by atoms with E-state index in [0.717, 1.165) is 41.8 Å². The lowest BCUT2D eigenvalue weighted by Gasteiger charge is -2.06. The van der Waals surface area contributed by atoms with Crippen molar-refractivity contribution < 1.29 is 9.59 Å². The fourth-order valence-corrected chi connectivity index (χ4v) is 5.35. The van der Waals surface area contributed by atoms with Gasteiger partial charge in [-0.2, -0.15) is 5.26 Å². The molecule has 0 fully saturated rings. The molecule has 7 heteroatoms. The van der Waals surface area contributed by atoms with Crippen molar-refractivity contribution in [2.45, 2.75) is 50.3 Å². The molecule has 2 amide bonds. The summed E-state index contributed by atoms with van der Waals surface area (Å²) < 4.78 is 0. The number of fused-ring (bicyclic) bond motifs is 1. The lowest BCUT2D eigenvalue weighted by Crippen LogP contribution is -2.12. The zero-order valence-corrected chi connectivity index (χ0v) is 17.5. The number of carbonyl (C=O) groups excluding carboxylic acids is 2. The molecule has 28 heavy (non-hydrogen) atoms. The molecule has 0 saturated carbocycles. The number of aryl methyl sites for hydroxylation is 1. The maximum Gasteiger partial charge on any atom is 0.225 e. The summed E-state index contributed by atoms with van der Waals surface area (Å²) in [6.07, 6.45) is 5.80. The van der Waals surface area contributed by atoms with Crippen molar-refractivity contribution in [3.8, 4) is 6.07 Å². The highest BCUT2D eigenvalue weighted by Crippen LogP contribution is 2.37. The van der Waals surface area contributed by atoms with E-state index < -0.39 is 0 Å². The zero-order valence-electron chi connectivity index (χ0n) is 15.8. The minimum atomic E-state index is -0.0975. The number of nitrogens with one attached hydrogen (secondary N) is 2. The number of rotatable bonds is 6. The lowest BCUT2D eigenvalue weighted by molar-refractivity contribution is -0.116. The molecule has 0 unspecified atom stereocenters. The number of thioether (sulfide) groups is 1. The molecule has 1 aliphatic rings. The standard InChI is InChI=1S/C21H23N3O2S2/c1-14(25)23-15-7-9-16(10-8-15)27-12-11-20(26)24-21-18(13-22)17-5-3-2-4-6-19(17)28-21/h7-10H,2-6,11-12H2,1H3,(H,23,25)(H,24,26). The highest BCUT2D eigenvalue weighted by atomic mass is 32.2. The number of nitrogens with zero attached hydrogens (tertiary/aromatic N) is 1. The van der Waals surface area contributed by atoms with Crippen LogP contribution in [0.15, 0.2) is 29.2 Å². The SMILES string of the molecule is CC(=O)Nc1ccc(SCCC(=O)Nc2sc3c(c2C#N)CCCCC3)cc1. The van der Waals surface area contributed by atoms with Gasteiger partial charge in [0.2, 0.25) is 11.8 Å². The molecule has 0 aliphatic heterocycles. The van der Waals surface area contributed by atoms with E-state index in [4.69, 9.17) is 0 Å². The zero-order chi connectivity index (χ0) is 19.9. The summed E-state index contributed by atoms with van der Waals surface area (Å²) in [6.45, 7) is 1.48. The van der Waals surface area contributed by atoms with E-state index in [-0.39, 0.29) is 11.8 Å². The van der Waals surface area contributed by atoms with Crippen molar-refractivity contribution >= 4 is 45.6 Å². The molecular formula is C21H23N3O2S2. The first-order valence-electron chi connectivity index (χ1n) is 9.41. The van der Waals surface area contributed by atoms with Crippen molar-refractivity contribution in [2.24, 2.45) is 0 Å². The Morgan fingerprint density at radius 1 is 1.14 bits per heavy atom. The number of hydrogen-bond acceptors (Lipinski definition) is 5. The summed E-state index contributed by atoms with van der Waals surface area (Å²) in [5, 5.41) is 15.9. The average molecular weight is 414 g/mol. The second-order valence-corrected chi connectivity index (χ2v) is 9.01. The molecule has 0 saturated heterocycles. The third kappa shape index (κ3) is 5.37. The fraction of sp³-hybridized carbons (Fsp3) is 0.381. The van der Waals surface area contributed by atoms with Gasteiger partial charge in [0.05, 0.1) is 5.56 Å². The predicted molar refractivity (Wildman–Crippen MR) is 115 cm³/mol. The molecule has 5 nitrogen and oxygen atoms in total. The van der Waals surface area contributed by atoms with Crippen molar-refractivity contribution in [2.75, 3.05) is 16.4 Å². The van der Waals surface area contributed by atoms with Crippen LogP contribution in [0.2, 0.25) is 0 Å². The van der Waals surface area contributed by atoms with Gasteiger partial charge in [-0.25, -0.2) is 0 Å². The van der Waals surface area contributed by atoms with Crippen molar-refractivity contribution in [3.05, 3.63) is 40.3 Å². The Hall–Kier alpha value is -2.30. The molecule has 1 aromatic heterocycles. The van der Waals surface area contributed by atoms with E-state index in [2.05, 4.69) is 16.7 Å². The number of thiophene rings is 1. The minimum Gasteiger partial charge on any atom is -0.326 e. The van der Waals surface area contributed by atoms with E-state index in [1.807, 2.05) is 24.3 Å². The van der Waals surface area contributed by atoms with Gasteiger partial charge >= 0.3 is 0 Å². The second-order valence-electron chi connectivity index (χ2n) is 6.73. The first kappa shape index (κ1) is 20.4. The molecule has 1 aromatic carbocycles. The summed E-state index contributed by atoms with van der Waals surface area (Å²) in [4.78, 5) is 25.7. The summed E-state index contributed by atoms with van der Waals surface area (Å²) in [5.41, 5.74) is 2.57. The number of benzene rings is 1. The Kier molecular flexibility index (Phi) is 7.12. The third-order valence-corrected chi connectivity index (χ3v) is 6.78. The number of hydrogen-bond donors (Lipinski definition) is 2. The first-order valence-corrected chi connectivity index (χ1v) is 11.2. The highest BCUT2D eigenvalue weighted by Gasteiger charge is 2.20. The monoisotopic (exact) mass is 413 g/mol. The Balaban J connectivity index is 1.52. The average Bonchev–Trinajstić information content (AvgIpc) is 2.82. The molecule has 1 heterocycles. The van der Waals surface area contributed by atoms with Gasteiger partial charge in [-0.05, 0) is 55.5 Å². The van der Waals surface area contributed by atoms with Gasteiger partial charge in [-0.3, -0.25) is 9.59 Å². The summed E-state index contributed by atoms with van der Waals surface area (Å²) >= 11 is 3.16. The van der Waals surface area contributed by atoms with Gasteiger partial charge in [-0.1, -0.05) is 6.42 Å². The van der Waals surface area contributed by atoms with Crippen molar-refractivity contribution in [3.63, 3.8) is 0 Å². The number of nitriles is 1. The Labute approximate surface area is 173 Å². The van der Waals surface area contributed by atoms with Gasteiger partial charge in [0.25, 0.3) is 0 Å². The molecular weight excluding hydrogens is 390 g/mol. The molecule has 2 aromatic rings. The van der Waals surface area contributed by atoms with Crippen LogP contribution < -0.4 is 10.6 Å².